The van der Waals surface area contributed by atoms with Crippen molar-refractivity contribution >= 4 is 27.5 Å². The van der Waals surface area contributed by atoms with Gasteiger partial charge in [-0.1, -0.05) is 22.0 Å². The first kappa shape index (κ1) is 11.1. The number of carbonyl (C=O) groups excluding carboxylic acids is 1. The lowest BCUT2D eigenvalue weighted by molar-refractivity contribution is 0.0990. The minimum absolute atomic E-state index is 0.218. The summed E-state index contributed by atoms with van der Waals surface area (Å²) in [6.07, 6.45) is 1.80. The van der Waals surface area contributed by atoms with Crippen LogP contribution in [0.3, 0.4) is 0 Å². The van der Waals surface area contributed by atoms with E-state index in [2.05, 4.69) is 20.9 Å². The van der Waals surface area contributed by atoms with E-state index in [1.807, 2.05) is 12.1 Å². The molecule has 0 fully saturated rings. The molecule has 0 aliphatic carbocycles. The van der Waals surface area contributed by atoms with Gasteiger partial charge in [0.1, 0.15) is 5.65 Å². The van der Waals surface area contributed by atoms with Crippen LogP contribution in [0.2, 0.25) is 0 Å². The third-order valence-electron chi connectivity index (χ3n) is 2.22. The highest BCUT2D eigenvalue weighted by atomic mass is 79.9. The Morgan fingerprint density at radius 2 is 2.38 bits per heavy atom. The molecule has 0 aliphatic heterocycles. The molecule has 0 spiro atoms. The molecule has 1 unspecified atom stereocenters. The van der Waals surface area contributed by atoms with Gasteiger partial charge in [0.2, 0.25) is 0 Å². The molecule has 0 saturated carbocycles. The lowest BCUT2D eigenvalue weighted by Gasteiger charge is -2.08. The Hall–Kier alpha value is -1.40. The zero-order chi connectivity index (χ0) is 11.7. The number of ether oxygens (including phenoxy) is 1. The number of halogens is 1. The van der Waals surface area contributed by atoms with Crippen LogP contribution < -0.4 is 5.73 Å². The Kier molecular flexibility index (Phi) is 2.93. The number of fused-ring (bicyclic) bond motifs is 1. The van der Waals surface area contributed by atoms with Crippen molar-refractivity contribution in [2.24, 2.45) is 5.73 Å². The molecule has 2 N–H and O–H groups in total. The van der Waals surface area contributed by atoms with Gasteiger partial charge in [-0.2, -0.15) is 0 Å². The summed E-state index contributed by atoms with van der Waals surface area (Å²) in [5.41, 5.74) is 6.76. The first-order chi connectivity index (χ1) is 7.65. The van der Waals surface area contributed by atoms with E-state index in [1.165, 1.54) is 7.11 Å². The van der Waals surface area contributed by atoms with Gasteiger partial charge in [-0.25, -0.2) is 4.98 Å². The van der Waals surface area contributed by atoms with E-state index < -0.39 is 10.9 Å². The number of primary amides is 1. The average molecular weight is 284 g/mol. The van der Waals surface area contributed by atoms with Crippen LogP contribution in [0.5, 0.6) is 0 Å². The van der Waals surface area contributed by atoms with Gasteiger partial charge in [0.15, 0.2) is 10.7 Å². The molecule has 2 rings (SSSR count). The molecule has 2 aromatic heterocycles. The quantitative estimate of drug-likeness (QED) is 0.868. The Labute approximate surface area is 100 Å². The SMILES string of the molecule is COC(Br)c1c(C(N)=O)nc2ccccn12. The van der Waals surface area contributed by atoms with Crippen molar-refractivity contribution in [3.05, 3.63) is 35.8 Å². The molecule has 0 radical (unpaired) electrons. The third-order valence-corrected chi connectivity index (χ3v) is 3.03. The predicted octanol–water partition coefficient (Wildman–Crippen LogP) is 1.47. The third kappa shape index (κ3) is 1.70. The molecule has 0 saturated heterocycles. The van der Waals surface area contributed by atoms with Crippen LogP contribution in [0.1, 0.15) is 21.2 Å². The number of imidazole rings is 1. The van der Waals surface area contributed by atoms with E-state index in [9.17, 15) is 4.79 Å². The van der Waals surface area contributed by atoms with E-state index in [0.717, 1.165) is 0 Å². The molecular weight excluding hydrogens is 274 g/mol. The highest BCUT2D eigenvalue weighted by Gasteiger charge is 2.21. The Bertz CT molecular complexity index is 538. The van der Waals surface area contributed by atoms with Gasteiger partial charge in [-0.3, -0.25) is 9.20 Å². The number of hydrogen-bond acceptors (Lipinski definition) is 3. The summed E-state index contributed by atoms with van der Waals surface area (Å²) >= 11 is 3.31. The summed E-state index contributed by atoms with van der Waals surface area (Å²) in [4.78, 5) is 15.4. The predicted molar refractivity (Wildman–Crippen MR) is 62.4 cm³/mol. The molecule has 0 aromatic carbocycles. The molecule has 0 bridgehead atoms. The van der Waals surface area contributed by atoms with Gasteiger partial charge >= 0.3 is 0 Å². The molecule has 84 valence electrons. The maximum atomic E-state index is 11.3. The smallest absolute Gasteiger partial charge is 0.269 e. The molecule has 6 heteroatoms. The van der Waals surface area contributed by atoms with E-state index in [-0.39, 0.29) is 5.69 Å². The van der Waals surface area contributed by atoms with Crippen LogP contribution >= 0.6 is 15.9 Å². The minimum atomic E-state index is -0.569. The molecular formula is C10H10BrN3O2. The first-order valence-corrected chi connectivity index (χ1v) is 5.50. The van der Waals surface area contributed by atoms with Crippen molar-refractivity contribution in [2.45, 2.75) is 5.01 Å². The van der Waals surface area contributed by atoms with E-state index in [4.69, 9.17) is 10.5 Å². The Balaban J connectivity index is 2.74. The van der Waals surface area contributed by atoms with Crippen molar-refractivity contribution in [1.82, 2.24) is 9.38 Å². The Morgan fingerprint density at radius 3 is 3.00 bits per heavy atom. The highest BCUT2D eigenvalue weighted by Crippen LogP contribution is 2.27. The van der Waals surface area contributed by atoms with Crippen LogP contribution in [0.25, 0.3) is 5.65 Å². The summed E-state index contributed by atoms with van der Waals surface area (Å²) in [7, 11) is 1.53. The number of nitrogens with two attached hydrogens (primary N) is 1. The lowest BCUT2D eigenvalue weighted by Crippen LogP contribution is -2.15. The second-order valence-corrected chi connectivity index (χ2v) is 4.02. The molecule has 0 aliphatic rings. The van der Waals surface area contributed by atoms with Crippen molar-refractivity contribution in [1.29, 1.82) is 0 Å². The number of pyridine rings is 1. The van der Waals surface area contributed by atoms with Crippen molar-refractivity contribution in [3.63, 3.8) is 0 Å². The Morgan fingerprint density at radius 1 is 1.62 bits per heavy atom. The van der Waals surface area contributed by atoms with Crippen molar-refractivity contribution < 1.29 is 9.53 Å². The summed E-state index contributed by atoms with van der Waals surface area (Å²) in [5.74, 6) is -0.569. The topological polar surface area (TPSA) is 69.6 Å². The molecule has 5 nitrogen and oxygen atoms in total. The van der Waals surface area contributed by atoms with Crippen molar-refractivity contribution in [2.75, 3.05) is 7.11 Å². The zero-order valence-corrected chi connectivity index (χ0v) is 10.1. The largest absolute Gasteiger partial charge is 0.364 e. The fraction of sp³-hybridized carbons (Fsp3) is 0.200. The van der Waals surface area contributed by atoms with E-state index in [1.54, 1.807) is 16.7 Å². The van der Waals surface area contributed by atoms with Gasteiger partial charge < -0.3 is 10.5 Å². The molecule has 2 aromatic rings. The fourth-order valence-electron chi connectivity index (χ4n) is 1.52. The first-order valence-electron chi connectivity index (χ1n) is 4.58. The van der Waals surface area contributed by atoms with Crippen LogP contribution in [0.15, 0.2) is 24.4 Å². The fourth-order valence-corrected chi connectivity index (χ4v) is 1.96. The summed E-state index contributed by atoms with van der Waals surface area (Å²) in [6.45, 7) is 0. The number of amides is 1. The van der Waals surface area contributed by atoms with Gasteiger partial charge in [-0.15, -0.1) is 0 Å². The number of carbonyl (C=O) groups is 1. The summed E-state index contributed by atoms with van der Waals surface area (Å²) in [5, 5.41) is -0.424. The van der Waals surface area contributed by atoms with Gasteiger partial charge in [0.05, 0.1) is 5.69 Å². The molecule has 16 heavy (non-hydrogen) atoms. The number of nitrogens with zero attached hydrogens (tertiary/aromatic N) is 2. The summed E-state index contributed by atoms with van der Waals surface area (Å²) in [6, 6.07) is 5.48. The second kappa shape index (κ2) is 4.23. The highest BCUT2D eigenvalue weighted by molar-refractivity contribution is 9.09. The number of methoxy groups -OCH3 is 1. The average Bonchev–Trinajstić information content (AvgIpc) is 2.67. The molecule has 2 heterocycles. The van der Waals surface area contributed by atoms with Crippen LogP contribution in [-0.2, 0) is 4.74 Å². The van der Waals surface area contributed by atoms with Crippen LogP contribution in [0.4, 0.5) is 0 Å². The van der Waals surface area contributed by atoms with Crippen LogP contribution in [0, 0.1) is 0 Å². The van der Waals surface area contributed by atoms with E-state index >= 15 is 0 Å². The van der Waals surface area contributed by atoms with E-state index in [0.29, 0.717) is 11.3 Å². The summed E-state index contributed by atoms with van der Waals surface area (Å²) < 4.78 is 6.91. The second-order valence-electron chi connectivity index (χ2n) is 3.19. The minimum Gasteiger partial charge on any atom is -0.364 e. The van der Waals surface area contributed by atoms with Gasteiger partial charge in [-0.05, 0) is 12.1 Å². The zero-order valence-electron chi connectivity index (χ0n) is 8.55. The van der Waals surface area contributed by atoms with Gasteiger partial charge in [0.25, 0.3) is 5.91 Å². The maximum absolute atomic E-state index is 11.3. The number of aromatic nitrogens is 2. The number of hydrogen-bond donors (Lipinski definition) is 1. The monoisotopic (exact) mass is 283 g/mol. The van der Waals surface area contributed by atoms with Gasteiger partial charge in [0, 0.05) is 13.3 Å². The standard InChI is InChI=1S/C10H10BrN3O2/c1-16-9(11)8-7(10(12)15)13-6-4-2-3-5-14(6)8/h2-5,9H,1H3,(H2,12,15). The normalized spacial score (nSPS) is 12.9. The molecule has 1 amide bonds. The van der Waals surface area contributed by atoms with Crippen LogP contribution in [-0.4, -0.2) is 22.4 Å². The molecule has 1 atom stereocenters. The van der Waals surface area contributed by atoms with Crippen molar-refractivity contribution in [3.8, 4) is 0 Å². The number of rotatable bonds is 3. The maximum Gasteiger partial charge on any atom is 0.269 e. The lowest BCUT2D eigenvalue weighted by atomic mass is 10.3. The number of alkyl halides is 1.